The molecule has 1 aromatic carbocycles. The fourth-order valence-electron chi connectivity index (χ4n) is 2.18. The van der Waals surface area contributed by atoms with E-state index >= 15 is 0 Å². The normalized spacial score (nSPS) is 11.2. The number of halogens is 1. The molecule has 1 amide bonds. The number of amides is 1. The highest BCUT2D eigenvalue weighted by atomic mass is 79.9. The summed E-state index contributed by atoms with van der Waals surface area (Å²) >= 11 is 4.91. The lowest BCUT2D eigenvalue weighted by molar-refractivity contribution is -0.116. The van der Waals surface area contributed by atoms with Crippen LogP contribution >= 0.6 is 27.3 Å². The predicted molar refractivity (Wildman–Crippen MR) is 98.1 cm³/mol. The standard InChI is InChI=1S/C16H12BrN3O3S/c17-11-5-10(14-12(6-11)19-15(22)16(23)20-14)7-18-13(21)2-1-9-3-4-24-8-9/h1-6,8H,7H2,(H,18,21)(H,19,22)(H,20,23). The largest absolute Gasteiger partial charge is 0.348 e. The number of benzene rings is 1. The zero-order chi connectivity index (χ0) is 17.1. The smallest absolute Gasteiger partial charge is 0.314 e. The minimum absolute atomic E-state index is 0.213. The Morgan fingerprint density at radius 3 is 2.79 bits per heavy atom. The van der Waals surface area contributed by atoms with Gasteiger partial charge in [-0.2, -0.15) is 11.3 Å². The Balaban J connectivity index is 1.82. The van der Waals surface area contributed by atoms with Gasteiger partial charge in [-0.25, -0.2) is 0 Å². The van der Waals surface area contributed by atoms with Gasteiger partial charge in [0.2, 0.25) is 5.91 Å². The minimum Gasteiger partial charge on any atom is -0.348 e. The minimum atomic E-state index is -0.727. The first-order chi connectivity index (χ1) is 11.5. The Labute approximate surface area is 148 Å². The number of rotatable bonds is 4. The summed E-state index contributed by atoms with van der Waals surface area (Å²) in [6.45, 7) is 0.213. The average Bonchev–Trinajstić information content (AvgIpc) is 3.06. The molecule has 0 unspecified atom stereocenters. The number of carbonyl (C=O) groups is 1. The van der Waals surface area contributed by atoms with Crippen molar-refractivity contribution in [2.24, 2.45) is 0 Å². The number of nitrogens with one attached hydrogen (secondary N) is 3. The number of carbonyl (C=O) groups excluding carboxylic acids is 1. The van der Waals surface area contributed by atoms with Gasteiger partial charge >= 0.3 is 11.1 Å². The van der Waals surface area contributed by atoms with E-state index in [-0.39, 0.29) is 12.5 Å². The summed E-state index contributed by atoms with van der Waals surface area (Å²) in [5, 5.41) is 6.63. The molecular weight excluding hydrogens is 394 g/mol. The first kappa shape index (κ1) is 16.4. The summed E-state index contributed by atoms with van der Waals surface area (Å²) in [5.74, 6) is -0.249. The highest BCUT2D eigenvalue weighted by molar-refractivity contribution is 9.10. The summed E-state index contributed by atoms with van der Waals surface area (Å²) in [6.07, 6.45) is 3.18. The molecule has 122 valence electrons. The van der Waals surface area contributed by atoms with Crippen molar-refractivity contribution >= 4 is 50.3 Å². The zero-order valence-electron chi connectivity index (χ0n) is 12.3. The molecule has 0 atom stereocenters. The maximum atomic E-state index is 11.9. The molecule has 3 aromatic rings. The number of aromatic amines is 2. The van der Waals surface area contributed by atoms with Crippen molar-refractivity contribution in [1.29, 1.82) is 0 Å². The molecule has 3 N–H and O–H groups in total. The van der Waals surface area contributed by atoms with Crippen LogP contribution in [0.25, 0.3) is 17.1 Å². The fraction of sp³-hybridized carbons (Fsp3) is 0.0625. The molecule has 0 aliphatic carbocycles. The summed E-state index contributed by atoms with van der Waals surface area (Å²) in [7, 11) is 0. The van der Waals surface area contributed by atoms with Crippen LogP contribution < -0.4 is 16.4 Å². The van der Waals surface area contributed by atoms with Gasteiger partial charge in [-0.1, -0.05) is 15.9 Å². The van der Waals surface area contributed by atoms with Crippen molar-refractivity contribution in [2.45, 2.75) is 6.54 Å². The summed E-state index contributed by atoms with van der Waals surface area (Å²) in [6, 6.07) is 5.38. The van der Waals surface area contributed by atoms with Crippen LogP contribution in [0.1, 0.15) is 11.1 Å². The number of H-pyrrole nitrogens is 2. The monoisotopic (exact) mass is 405 g/mol. The van der Waals surface area contributed by atoms with Crippen molar-refractivity contribution in [1.82, 2.24) is 15.3 Å². The van der Waals surface area contributed by atoms with Gasteiger partial charge in [0.15, 0.2) is 0 Å². The number of hydrogen-bond donors (Lipinski definition) is 3. The molecule has 0 spiro atoms. The van der Waals surface area contributed by atoms with Crippen LogP contribution in [-0.4, -0.2) is 15.9 Å². The van der Waals surface area contributed by atoms with E-state index in [0.717, 1.165) is 10.0 Å². The Morgan fingerprint density at radius 2 is 2.04 bits per heavy atom. The Morgan fingerprint density at radius 1 is 1.25 bits per heavy atom. The first-order valence-corrected chi connectivity index (χ1v) is 8.69. The topological polar surface area (TPSA) is 94.8 Å². The lowest BCUT2D eigenvalue weighted by Gasteiger charge is -2.08. The van der Waals surface area contributed by atoms with E-state index in [1.54, 1.807) is 29.5 Å². The van der Waals surface area contributed by atoms with Crippen LogP contribution in [-0.2, 0) is 11.3 Å². The Kier molecular flexibility index (Phi) is 4.77. The van der Waals surface area contributed by atoms with Gasteiger partial charge in [-0.15, -0.1) is 0 Å². The maximum absolute atomic E-state index is 11.9. The van der Waals surface area contributed by atoms with Gasteiger partial charge in [-0.05, 0) is 46.2 Å². The summed E-state index contributed by atoms with van der Waals surface area (Å²) < 4.78 is 0.732. The van der Waals surface area contributed by atoms with Crippen LogP contribution in [0, 0.1) is 0 Å². The molecule has 8 heteroatoms. The lowest BCUT2D eigenvalue weighted by Crippen LogP contribution is -2.29. The van der Waals surface area contributed by atoms with E-state index in [0.29, 0.717) is 16.6 Å². The van der Waals surface area contributed by atoms with Gasteiger partial charge in [-0.3, -0.25) is 14.4 Å². The molecule has 0 fully saturated rings. The van der Waals surface area contributed by atoms with E-state index in [9.17, 15) is 14.4 Å². The number of hydrogen-bond acceptors (Lipinski definition) is 4. The van der Waals surface area contributed by atoms with Crippen molar-refractivity contribution in [3.63, 3.8) is 0 Å². The second kappa shape index (κ2) is 6.98. The maximum Gasteiger partial charge on any atom is 0.314 e. The molecule has 2 heterocycles. The third kappa shape index (κ3) is 3.72. The van der Waals surface area contributed by atoms with E-state index in [1.165, 1.54) is 6.08 Å². The van der Waals surface area contributed by atoms with Gasteiger partial charge in [0, 0.05) is 17.1 Å². The molecule has 0 bridgehead atoms. The summed E-state index contributed by atoms with van der Waals surface area (Å²) in [5.41, 5.74) is 1.19. The van der Waals surface area contributed by atoms with E-state index in [4.69, 9.17) is 0 Å². The van der Waals surface area contributed by atoms with Crippen molar-refractivity contribution < 1.29 is 4.79 Å². The molecule has 0 radical (unpaired) electrons. The van der Waals surface area contributed by atoms with Gasteiger partial charge in [0.1, 0.15) is 0 Å². The second-order valence-corrected chi connectivity index (χ2v) is 6.70. The lowest BCUT2D eigenvalue weighted by atomic mass is 10.1. The second-order valence-electron chi connectivity index (χ2n) is 5.00. The molecule has 0 saturated heterocycles. The van der Waals surface area contributed by atoms with E-state index in [1.807, 2.05) is 16.8 Å². The van der Waals surface area contributed by atoms with Crippen molar-refractivity contribution in [3.8, 4) is 0 Å². The zero-order valence-corrected chi connectivity index (χ0v) is 14.7. The van der Waals surface area contributed by atoms with Crippen LogP contribution in [0.3, 0.4) is 0 Å². The summed E-state index contributed by atoms with van der Waals surface area (Å²) in [4.78, 5) is 39.9. The molecule has 24 heavy (non-hydrogen) atoms. The predicted octanol–water partition coefficient (Wildman–Crippen LogP) is 2.37. The van der Waals surface area contributed by atoms with Gasteiger partial charge < -0.3 is 15.3 Å². The molecule has 0 aliphatic rings. The quantitative estimate of drug-likeness (QED) is 0.459. The molecular formula is C16H12BrN3O3S. The van der Waals surface area contributed by atoms with E-state index < -0.39 is 11.1 Å². The first-order valence-electron chi connectivity index (χ1n) is 6.96. The molecule has 0 aliphatic heterocycles. The SMILES string of the molecule is O=C(C=Cc1ccsc1)NCc1cc(Br)cc2[nH]c(=O)c(=O)[nH]c12. The number of thiophene rings is 1. The van der Waals surface area contributed by atoms with Crippen LogP contribution in [0.5, 0.6) is 0 Å². The molecule has 0 saturated carbocycles. The van der Waals surface area contributed by atoms with E-state index in [2.05, 4.69) is 31.2 Å². The van der Waals surface area contributed by atoms with Crippen molar-refractivity contribution in [2.75, 3.05) is 0 Å². The highest BCUT2D eigenvalue weighted by Crippen LogP contribution is 2.20. The number of aromatic nitrogens is 2. The van der Waals surface area contributed by atoms with Crippen LogP contribution in [0.4, 0.5) is 0 Å². The molecule has 2 aromatic heterocycles. The highest BCUT2D eigenvalue weighted by Gasteiger charge is 2.08. The third-order valence-corrected chi connectivity index (χ3v) is 4.46. The average molecular weight is 406 g/mol. The fourth-order valence-corrected chi connectivity index (χ4v) is 3.32. The Bertz CT molecular complexity index is 1030. The molecule has 3 rings (SSSR count). The third-order valence-electron chi connectivity index (χ3n) is 3.30. The van der Waals surface area contributed by atoms with Crippen molar-refractivity contribution in [3.05, 3.63) is 71.3 Å². The van der Waals surface area contributed by atoms with Gasteiger partial charge in [0.25, 0.3) is 0 Å². The van der Waals surface area contributed by atoms with Crippen LogP contribution in [0.15, 0.2) is 49.1 Å². The molecule has 6 nitrogen and oxygen atoms in total. The van der Waals surface area contributed by atoms with Gasteiger partial charge in [0.05, 0.1) is 11.0 Å². The van der Waals surface area contributed by atoms with Crippen LogP contribution in [0.2, 0.25) is 0 Å². The Hall–Kier alpha value is -2.45. The number of fused-ring (bicyclic) bond motifs is 1.